The van der Waals surface area contributed by atoms with E-state index in [1.807, 2.05) is 6.08 Å². The highest BCUT2D eigenvalue weighted by atomic mass is 32.2. The van der Waals surface area contributed by atoms with Crippen LogP contribution in [0.5, 0.6) is 0 Å². The Morgan fingerprint density at radius 2 is 2.17 bits per heavy atom. The summed E-state index contributed by atoms with van der Waals surface area (Å²) in [6.07, 6.45) is 6.90. The van der Waals surface area contributed by atoms with Gasteiger partial charge in [-0.2, -0.15) is 0 Å². The summed E-state index contributed by atoms with van der Waals surface area (Å²) in [5.41, 5.74) is 0. The molecule has 1 N–H and O–H groups in total. The summed E-state index contributed by atoms with van der Waals surface area (Å²) in [5.74, 6) is -1.61. The van der Waals surface area contributed by atoms with E-state index >= 15 is 0 Å². The van der Waals surface area contributed by atoms with Crippen LogP contribution in [0.25, 0.3) is 0 Å². The molecule has 1 amide bonds. The number of hydrogen-bond acceptors (Lipinski definition) is 5. The molecule has 0 aliphatic carbocycles. The van der Waals surface area contributed by atoms with Gasteiger partial charge in [0.25, 0.3) is 0 Å². The van der Waals surface area contributed by atoms with E-state index in [4.69, 9.17) is 5.11 Å². The van der Waals surface area contributed by atoms with Gasteiger partial charge in [-0.05, 0) is 12.5 Å². The predicted octanol–water partition coefficient (Wildman–Crippen LogP) is -0.816. The molecule has 3 aliphatic rings. The number of carbonyl (C=O) groups excluding carboxylic acids is 2. The van der Waals surface area contributed by atoms with Crippen LogP contribution in [0.3, 0.4) is 0 Å². The van der Waals surface area contributed by atoms with Gasteiger partial charge >= 0.3 is 0 Å². The Balaban J connectivity index is 1.66. The molecule has 3 heterocycles. The van der Waals surface area contributed by atoms with Crippen molar-refractivity contribution in [1.29, 1.82) is 0 Å². The van der Waals surface area contributed by atoms with Crippen molar-refractivity contribution in [1.82, 2.24) is 4.90 Å². The number of aliphatic hydroxyl groups is 1. The van der Waals surface area contributed by atoms with Crippen LogP contribution in [-0.2, 0) is 9.59 Å². The maximum atomic E-state index is 12.1. The van der Waals surface area contributed by atoms with Gasteiger partial charge in [0.05, 0.1) is 55.2 Å². The lowest BCUT2D eigenvalue weighted by Crippen LogP contribution is -2.63. The first-order chi connectivity index (χ1) is 11.0. The number of nitrogens with zero attached hydrogens (tertiary/aromatic N) is 2. The summed E-state index contributed by atoms with van der Waals surface area (Å²) >= 11 is 1.51. The minimum absolute atomic E-state index is 0.0480. The first-order valence-electron chi connectivity index (χ1n) is 8.26. The first kappa shape index (κ1) is 16.8. The van der Waals surface area contributed by atoms with Crippen LogP contribution in [0.1, 0.15) is 19.3 Å². The van der Waals surface area contributed by atoms with Gasteiger partial charge in [0, 0.05) is 19.4 Å². The van der Waals surface area contributed by atoms with Crippen molar-refractivity contribution in [2.75, 3.05) is 33.3 Å². The van der Waals surface area contributed by atoms with Gasteiger partial charge in [-0.25, -0.2) is 0 Å². The molecule has 3 aliphatic heterocycles. The maximum absolute atomic E-state index is 12.1. The van der Waals surface area contributed by atoms with Crippen LogP contribution in [0.15, 0.2) is 12.2 Å². The molecule has 3 saturated heterocycles. The molecule has 0 aromatic heterocycles. The third-order valence-electron chi connectivity index (χ3n) is 5.30. The molecule has 3 fully saturated rings. The molecule has 6 nitrogen and oxygen atoms in total. The summed E-state index contributed by atoms with van der Waals surface area (Å²) in [6.45, 7) is 3.18. The number of rotatable bonds is 6. The molecular weight excluding hydrogens is 316 g/mol. The van der Waals surface area contributed by atoms with Crippen molar-refractivity contribution < 1.29 is 24.3 Å². The molecule has 0 spiro atoms. The Morgan fingerprint density at radius 3 is 2.78 bits per heavy atom. The van der Waals surface area contributed by atoms with Gasteiger partial charge in [0.15, 0.2) is 0 Å². The molecule has 7 heteroatoms. The zero-order valence-corrected chi connectivity index (χ0v) is 14.2. The number of likely N-dealkylation sites (N-methyl/N-ethyl adjacent to an activating group) is 1. The lowest BCUT2D eigenvalue weighted by molar-refractivity contribution is -0.891. The number of thioether (sulfide) groups is 1. The minimum Gasteiger partial charge on any atom is -0.548 e. The molecule has 2 unspecified atom stereocenters. The van der Waals surface area contributed by atoms with E-state index in [1.54, 1.807) is 0 Å². The second kappa shape index (κ2) is 6.45. The van der Waals surface area contributed by atoms with Gasteiger partial charge in [-0.1, -0.05) is 6.08 Å². The average molecular weight is 340 g/mol. The molecule has 0 aromatic carbocycles. The Hall–Kier alpha value is -1.05. The Morgan fingerprint density at radius 1 is 1.48 bits per heavy atom. The molecule has 23 heavy (non-hydrogen) atoms. The van der Waals surface area contributed by atoms with Crippen molar-refractivity contribution in [3.8, 4) is 0 Å². The quantitative estimate of drug-likeness (QED) is 0.388. The largest absolute Gasteiger partial charge is 0.548 e. The first-order valence-corrected chi connectivity index (χ1v) is 9.21. The van der Waals surface area contributed by atoms with Crippen LogP contribution >= 0.6 is 11.8 Å². The summed E-state index contributed by atoms with van der Waals surface area (Å²) in [5, 5.41) is 20.1. The van der Waals surface area contributed by atoms with E-state index in [0.717, 1.165) is 24.1 Å². The molecule has 3 rings (SSSR count). The summed E-state index contributed by atoms with van der Waals surface area (Å²) < 4.78 is 1.00. The zero-order chi connectivity index (χ0) is 16.6. The van der Waals surface area contributed by atoms with E-state index in [0.29, 0.717) is 6.42 Å². The molecule has 0 aromatic rings. The minimum atomic E-state index is -1.19. The number of fused-ring (bicyclic) bond motifs is 1. The number of carbonyl (C=O) groups is 2. The molecular formula is C16H24N2O4S. The number of carboxylic acid groups (broad SMARTS) is 1. The fourth-order valence-corrected chi connectivity index (χ4v) is 5.66. The highest BCUT2D eigenvalue weighted by molar-refractivity contribution is 8.01. The predicted molar refractivity (Wildman–Crippen MR) is 85.2 cm³/mol. The van der Waals surface area contributed by atoms with E-state index < -0.39 is 12.0 Å². The highest BCUT2D eigenvalue weighted by Gasteiger charge is 2.57. The van der Waals surface area contributed by atoms with Crippen molar-refractivity contribution in [3.63, 3.8) is 0 Å². The topological polar surface area (TPSA) is 80.7 Å². The number of carboxylic acids is 1. The molecule has 128 valence electrons. The summed E-state index contributed by atoms with van der Waals surface area (Å²) in [7, 11) is 2.23. The zero-order valence-electron chi connectivity index (χ0n) is 13.4. The van der Waals surface area contributed by atoms with Gasteiger partial charge < -0.3 is 24.4 Å². The number of aliphatic hydroxyl groups excluding tert-OH is 1. The maximum Gasteiger partial charge on any atom is 0.230 e. The van der Waals surface area contributed by atoms with Crippen LogP contribution in [0.2, 0.25) is 0 Å². The normalized spacial score (nSPS) is 35.6. The van der Waals surface area contributed by atoms with Crippen molar-refractivity contribution in [3.05, 3.63) is 12.2 Å². The number of β-lactam (4-membered cyclic amide) rings is 1. The lowest BCUT2D eigenvalue weighted by atomic mass is 9.92. The molecule has 0 radical (unpaired) electrons. The molecule has 4 atom stereocenters. The Bertz CT molecular complexity index is 518. The number of amides is 1. The summed E-state index contributed by atoms with van der Waals surface area (Å²) in [4.78, 5) is 25.0. The second-order valence-electron chi connectivity index (χ2n) is 7.00. The van der Waals surface area contributed by atoms with Crippen molar-refractivity contribution >= 4 is 23.6 Å². The third-order valence-corrected chi connectivity index (χ3v) is 6.86. The van der Waals surface area contributed by atoms with E-state index in [9.17, 15) is 14.7 Å². The van der Waals surface area contributed by atoms with Crippen molar-refractivity contribution in [2.24, 2.45) is 5.92 Å². The number of likely N-dealkylation sites (tertiary alicyclic amines) is 1. The third kappa shape index (κ3) is 3.02. The highest BCUT2D eigenvalue weighted by Crippen LogP contribution is 2.48. The van der Waals surface area contributed by atoms with Gasteiger partial charge in [0.2, 0.25) is 5.91 Å². The second-order valence-corrected chi connectivity index (χ2v) is 8.30. The van der Waals surface area contributed by atoms with E-state index in [1.165, 1.54) is 29.5 Å². The van der Waals surface area contributed by atoms with Crippen molar-refractivity contribution in [2.45, 2.75) is 35.9 Å². The van der Waals surface area contributed by atoms with Gasteiger partial charge in [-0.3, -0.25) is 4.79 Å². The standard InChI is InChI=1S/C16H24N2O4S/c1-18(7-2-3-8-18)9-4-5-12-13(16(21)22)17-14(20)11(6-10-19)15(17)23-12/h4-5,11-13,15,19H,2-3,6-10H2,1H3/b5-4-/t11-,12?,13?,15+/m0/s1. The monoisotopic (exact) mass is 340 g/mol. The Labute approximate surface area is 140 Å². The molecule has 0 saturated carbocycles. The molecule has 0 bridgehead atoms. The van der Waals surface area contributed by atoms with E-state index in [-0.39, 0.29) is 29.1 Å². The number of hydrogen-bond donors (Lipinski definition) is 1. The van der Waals surface area contributed by atoms with Crippen LogP contribution in [0.4, 0.5) is 0 Å². The van der Waals surface area contributed by atoms with E-state index in [2.05, 4.69) is 13.1 Å². The van der Waals surface area contributed by atoms with Crippen LogP contribution < -0.4 is 5.11 Å². The Kier molecular flexibility index (Phi) is 4.71. The lowest BCUT2D eigenvalue weighted by Gasteiger charge is -2.44. The fourth-order valence-electron chi connectivity index (χ4n) is 3.93. The SMILES string of the molecule is C[N+]1(C/C=C\C2S[C@@H]3[C@@H](CCO)C(=O)N3C2C(=O)[O-])CCCC1. The average Bonchev–Trinajstić information content (AvgIpc) is 3.07. The summed E-state index contributed by atoms with van der Waals surface area (Å²) in [6, 6.07) is -0.882. The van der Waals surface area contributed by atoms with Gasteiger partial charge in [-0.15, -0.1) is 11.8 Å². The van der Waals surface area contributed by atoms with Crippen LogP contribution in [-0.4, -0.2) is 76.3 Å². The smallest absolute Gasteiger partial charge is 0.230 e. The number of quaternary nitrogens is 1. The van der Waals surface area contributed by atoms with Gasteiger partial charge in [0.1, 0.15) is 0 Å². The van der Waals surface area contributed by atoms with Crippen LogP contribution in [0, 0.1) is 5.92 Å². The fraction of sp³-hybridized carbons (Fsp3) is 0.750. The number of aliphatic carboxylic acids is 1.